The van der Waals surface area contributed by atoms with E-state index < -0.39 is 0 Å². The van der Waals surface area contributed by atoms with Crippen LogP contribution in [-0.4, -0.2) is 43.1 Å². The van der Waals surface area contributed by atoms with E-state index >= 15 is 0 Å². The maximum Gasteiger partial charge on any atom is 0.321 e. The zero-order valence-corrected chi connectivity index (χ0v) is 16.9. The van der Waals surface area contributed by atoms with Gasteiger partial charge in [0.1, 0.15) is 5.75 Å². The van der Waals surface area contributed by atoms with Crippen molar-refractivity contribution in [2.24, 2.45) is 5.92 Å². The summed E-state index contributed by atoms with van der Waals surface area (Å²) in [6.45, 7) is 4.16. The van der Waals surface area contributed by atoms with Gasteiger partial charge in [-0.2, -0.15) is 0 Å². The van der Waals surface area contributed by atoms with E-state index in [2.05, 4.69) is 10.6 Å². The smallest absolute Gasteiger partial charge is 0.321 e. The van der Waals surface area contributed by atoms with Crippen molar-refractivity contribution in [1.82, 2.24) is 10.2 Å². The maximum atomic E-state index is 12.4. The van der Waals surface area contributed by atoms with E-state index in [4.69, 9.17) is 4.74 Å². The summed E-state index contributed by atoms with van der Waals surface area (Å²) in [7, 11) is 0. The number of carbonyl (C=O) groups is 2. The summed E-state index contributed by atoms with van der Waals surface area (Å²) in [6.07, 6.45) is 2.83. The molecule has 2 aromatic rings. The first-order valence-corrected chi connectivity index (χ1v) is 10.2. The van der Waals surface area contributed by atoms with Crippen molar-refractivity contribution in [1.29, 1.82) is 0 Å². The van der Waals surface area contributed by atoms with Crippen LogP contribution in [0, 0.1) is 12.8 Å². The summed E-state index contributed by atoms with van der Waals surface area (Å²) in [4.78, 5) is 26.2. The van der Waals surface area contributed by atoms with Gasteiger partial charge in [0.2, 0.25) is 0 Å². The zero-order valence-electron chi connectivity index (χ0n) is 16.9. The van der Waals surface area contributed by atoms with Crippen LogP contribution in [0.15, 0.2) is 54.6 Å². The van der Waals surface area contributed by atoms with Crippen LogP contribution in [-0.2, 0) is 4.79 Å². The molecule has 6 heteroatoms. The number of piperidine rings is 1. The fourth-order valence-electron chi connectivity index (χ4n) is 3.48. The highest BCUT2D eigenvalue weighted by Crippen LogP contribution is 2.21. The second-order valence-corrected chi connectivity index (χ2v) is 7.47. The Hall–Kier alpha value is -3.02. The fourth-order valence-corrected chi connectivity index (χ4v) is 3.48. The SMILES string of the molecule is Cc1cccc(NC(=O)N2CCC(CCNC(=O)COc3ccccc3)CC2)c1. The van der Waals surface area contributed by atoms with E-state index in [0.717, 1.165) is 43.6 Å². The van der Waals surface area contributed by atoms with Gasteiger partial charge in [0, 0.05) is 25.3 Å². The van der Waals surface area contributed by atoms with Gasteiger partial charge in [0.15, 0.2) is 6.61 Å². The van der Waals surface area contributed by atoms with Crippen molar-refractivity contribution >= 4 is 17.6 Å². The van der Waals surface area contributed by atoms with Crippen LogP contribution in [0.2, 0.25) is 0 Å². The highest BCUT2D eigenvalue weighted by Gasteiger charge is 2.22. The first-order chi connectivity index (χ1) is 14.1. The Bertz CT molecular complexity index is 802. The van der Waals surface area contributed by atoms with E-state index in [0.29, 0.717) is 18.2 Å². The number of ether oxygens (including phenoxy) is 1. The third-order valence-electron chi connectivity index (χ3n) is 5.16. The molecule has 0 bridgehead atoms. The summed E-state index contributed by atoms with van der Waals surface area (Å²) in [5.41, 5.74) is 1.95. The Morgan fingerprint density at radius 1 is 1.07 bits per heavy atom. The molecule has 0 saturated carbocycles. The van der Waals surface area contributed by atoms with Gasteiger partial charge in [0.25, 0.3) is 5.91 Å². The standard InChI is InChI=1S/C23H29N3O3/c1-18-6-5-7-20(16-18)25-23(28)26-14-11-19(12-15-26)10-13-24-22(27)17-29-21-8-3-2-4-9-21/h2-9,16,19H,10-15,17H2,1H3,(H,24,27)(H,25,28). The molecule has 1 aliphatic heterocycles. The minimum Gasteiger partial charge on any atom is -0.484 e. The number of benzene rings is 2. The van der Waals surface area contributed by atoms with Gasteiger partial charge >= 0.3 is 6.03 Å². The van der Waals surface area contributed by atoms with Crippen molar-refractivity contribution in [3.05, 3.63) is 60.2 Å². The number of anilines is 1. The Morgan fingerprint density at radius 2 is 1.83 bits per heavy atom. The molecule has 6 nitrogen and oxygen atoms in total. The molecule has 1 saturated heterocycles. The normalized spacial score (nSPS) is 14.3. The number of likely N-dealkylation sites (tertiary alicyclic amines) is 1. The molecule has 154 valence electrons. The largest absolute Gasteiger partial charge is 0.484 e. The molecule has 1 aliphatic rings. The lowest BCUT2D eigenvalue weighted by atomic mass is 9.94. The Kier molecular flexibility index (Phi) is 7.50. The van der Waals surface area contributed by atoms with E-state index in [1.54, 1.807) is 0 Å². The molecule has 2 N–H and O–H groups in total. The van der Waals surface area contributed by atoms with Crippen LogP contribution < -0.4 is 15.4 Å². The number of para-hydroxylation sites is 1. The van der Waals surface area contributed by atoms with Crippen LogP contribution in [0.4, 0.5) is 10.5 Å². The first kappa shape index (κ1) is 20.7. The lowest BCUT2D eigenvalue weighted by Gasteiger charge is -2.32. The molecule has 0 unspecified atom stereocenters. The molecule has 0 radical (unpaired) electrons. The summed E-state index contributed by atoms with van der Waals surface area (Å²) in [6, 6.07) is 17.1. The molecular formula is C23H29N3O3. The predicted octanol–water partition coefficient (Wildman–Crippen LogP) is 3.82. The van der Waals surface area contributed by atoms with Crippen LogP contribution in [0.25, 0.3) is 0 Å². The number of aryl methyl sites for hydroxylation is 1. The molecule has 3 rings (SSSR count). The van der Waals surface area contributed by atoms with E-state index in [9.17, 15) is 9.59 Å². The number of nitrogens with zero attached hydrogens (tertiary/aromatic N) is 1. The van der Waals surface area contributed by atoms with Crippen LogP contribution >= 0.6 is 0 Å². The van der Waals surface area contributed by atoms with Crippen LogP contribution in [0.1, 0.15) is 24.8 Å². The second kappa shape index (κ2) is 10.5. The third-order valence-corrected chi connectivity index (χ3v) is 5.16. The molecular weight excluding hydrogens is 366 g/mol. The van der Waals surface area contributed by atoms with Gasteiger partial charge in [-0.05, 0) is 61.9 Å². The molecule has 0 aromatic heterocycles. The van der Waals surface area contributed by atoms with Crippen molar-refractivity contribution in [3.8, 4) is 5.75 Å². The Morgan fingerprint density at radius 3 is 2.55 bits per heavy atom. The first-order valence-electron chi connectivity index (χ1n) is 10.2. The molecule has 2 aromatic carbocycles. The maximum absolute atomic E-state index is 12.4. The Balaban J connectivity index is 1.30. The topological polar surface area (TPSA) is 70.7 Å². The molecule has 3 amide bonds. The van der Waals surface area contributed by atoms with Crippen molar-refractivity contribution in [2.75, 3.05) is 31.6 Å². The quantitative estimate of drug-likeness (QED) is 0.749. The van der Waals surface area contributed by atoms with Gasteiger partial charge in [-0.3, -0.25) is 4.79 Å². The van der Waals surface area contributed by atoms with E-state index in [-0.39, 0.29) is 18.5 Å². The number of amides is 3. The minimum atomic E-state index is -0.108. The van der Waals surface area contributed by atoms with Crippen molar-refractivity contribution < 1.29 is 14.3 Å². The molecule has 0 aliphatic carbocycles. The monoisotopic (exact) mass is 395 g/mol. The summed E-state index contributed by atoms with van der Waals surface area (Å²) in [5.74, 6) is 1.11. The van der Waals surface area contributed by atoms with Crippen LogP contribution in [0.3, 0.4) is 0 Å². The van der Waals surface area contributed by atoms with Gasteiger partial charge < -0.3 is 20.3 Å². The highest BCUT2D eigenvalue weighted by molar-refractivity contribution is 5.89. The van der Waals surface area contributed by atoms with Crippen molar-refractivity contribution in [2.45, 2.75) is 26.2 Å². The van der Waals surface area contributed by atoms with Gasteiger partial charge in [-0.15, -0.1) is 0 Å². The van der Waals surface area contributed by atoms with Gasteiger partial charge in [0.05, 0.1) is 0 Å². The summed E-state index contributed by atoms with van der Waals surface area (Å²) < 4.78 is 5.44. The number of hydrogen-bond donors (Lipinski definition) is 2. The molecule has 29 heavy (non-hydrogen) atoms. The Labute approximate surface area is 172 Å². The fraction of sp³-hybridized carbons (Fsp3) is 0.391. The average molecular weight is 396 g/mol. The number of rotatable bonds is 7. The van der Waals surface area contributed by atoms with Gasteiger partial charge in [-0.25, -0.2) is 4.79 Å². The van der Waals surface area contributed by atoms with Crippen LogP contribution in [0.5, 0.6) is 5.75 Å². The number of urea groups is 1. The molecule has 0 atom stereocenters. The number of nitrogens with one attached hydrogen (secondary N) is 2. The number of carbonyl (C=O) groups excluding carboxylic acids is 2. The predicted molar refractivity (Wildman–Crippen MR) is 114 cm³/mol. The third kappa shape index (κ3) is 6.82. The lowest BCUT2D eigenvalue weighted by Crippen LogP contribution is -2.41. The zero-order chi connectivity index (χ0) is 20.5. The molecule has 0 spiro atoms. The highest BCUT2D eigenvalue weighted by atomic mass is 16.5. The summed E-state index contributed by atoms with van der Waals surface area (Å²) in [5, 5.41) is 5.88. The van der Waals surface area contributed by atoms with E-state index in [1.807, 2.05) is 66.4 Å². The second-order valence-electron chi connectivity index (χ2n) is 7.47. The molecule has 1 fully saturated rings. The summed E-state index contributed by atoms with van der Waals surface area (Å²) >= 11 is 0. The average Bonchev–Trinajstić information content (AvgIpc) is 2.73. The van der Waals surface area contributed by atoms with Crippen molar-refractivity contribution in [3.63, 3.8) is 0 Å². The lowest BCUT2D eigenvalue weighted by molar-refractivity contribution is -0.123. The molecule has 1 heterocycles. The van der Waals surface area contributed by atoms with Gasteiger partial charge in [-0.1, -0.05) is 30.3 Å². The minimum absolute atomic E-state index is 0.0294. The number of hydrogen-bond acceptors (Lipinski definition) is 3. The van der Waals surface area contributed by atoms with E-state index in [1.165, 1.54) is 0 Å².